The molecular formula is C9H8ClF2NOS. The van der Waals surface area contributed by atoms with E-state index in [-0.39, 0.29) is 10.6 Å². The van der Waals surface area contributed by atoms with Crippen molar-refractivity contribution in [1.29, 1.82) is 0 Å². The lowest BCUT2D eigenvalue weighted by atomic mass is 10.2. The fourth-order valence-electron chi connectivity index (χ4n) is 0.952. The number of hydrogen-bond acceptors (Lipinski definition) is 2. The summed E-state index contributed by atoms with van der Waals surface area (Å²) in [6.07, 6.45) is -2.58. The standard InChI is InChI=1S/C9H8ClF2NOS/c10-7-2-1-5(15)3-6(7)9(14)13-4-8(11)12/h1-3,8,15H,4H2,(H,13,14). The van der Waals surface area contributed by atoms with Gasteiger partial charge in [0.25, 0.3) is 12.3 Å². The number of thiol groups is 1. The summed E-state index contributed by atoms with van der Waals surface area (Å²) >= 11 is 9.74. The van der Waals surface area contributed by atoms with Gasteiger partial charge >= 0.3 is 0 Å². The highest BCUT2D eigenvalue weighted by atomic mass is 35.5. The van der Waals surface area contributed by atoms with Crippen LogP contribution in [0.15, 0.2) is 23.1 Å². The van der Waals surface area contributed by atoms with Crippen molar-refractivity contribution in [2.24, 2.45) is 0 Å². The molecule has 0 heterocycles. The number of benzene rings is 1. The van der Waals surface area contributed by atoms with E-state index in [0.717, 1.165) is 0 Å². The fourth-order valence-corrected chi connectivity index (χ4v) is 1.36. The highest BCUT2D eigenvalue weighted by Gasteiger charge is 2.12. The first-order valence-electron chi connectivity index (χ1n) is 4.05. The number of nitrogens with one attached hydrogen (secondary N) is 1. The molecule has 0 aliphatic heterocycles. The molecule has 0 aliphatic carbocycles. The minimum absolute atomic E-state index is 0.143. The molecule has 2 nitrogen and oxygen atoms in total. The molecule has 0 radical (unpaired) electrons. The lowest BCUT2D eigenvalue weighted by molar-refractivity contribution is 0.0891. The van der Waals surface area contributed by atoms with Gasteiger partial charge in [-0.3, -0.25) is 4.79 Å². The van der Waals surface area contributed by atoms with E-state index in [0.29, 0.717) is 4.90 Å². The quantitative estimate of drug-likeness (QED) is 0.795. The number of carbonyl (C=O) groups is 1. The molecule has 0 fully saturated rings. The Morgan fingerprint density at radius 3 is 2.80 bits per heavy atom. The average molecular weight is 252 g/mol. The lowest BCUT2D eigenvalue weighted by Crippen LogP contribution is -2.28. The first-order valence-corrected chi connectivity index (χ1v) is 4.88. The largest absolute Gasteiger partial charge is 0.346 e. The van der Waals surface area contributed by atoms with E-state index in [1.165, 1.54) is 12.1 Å². The van der Waals surface area contributed by atoms with Gasteiger partial charge in [0.15, 0.2) is 0 Å². The van der Waals surface area contributed by atoms with Crippen molar-refractivity contribution in [2.75, 3.05) is 6.54 Å². The van der Waals surface area contributed by atoms with Crippen molar-refractivity contribution in [3.05, 3.63) is 28.8 Å². The van der Waals surface area contributed by atoms with Crippen LogP contribution in [0.1, 0.15) is 10.4 Å². The minimum Gasteiger partial charge on any atom is -0.346 e. The van der Waals surface area contributed by atoms with E-state index in [2.05, 4.69) is 17.9 Å². The van der Waals surface area contributed by atoms with Crippen molar-refractivity contribution in [1.82, 2.24) is 5.32 Å². The predicted octanol–water partition coefficient (Wildman–Crippen LogP) is 2.62. The van der Waals surface area contributed by atoms with Gasteiger partial charge < -0.3 is 5.32 Å². The normalized spacial score (nSPS) is 10.5. The Balaban J connectivity index is 2.77. The first kappa shape index (κ1) is 12.3. The van der Waals surface area contributed by atoms with E-state index in [4.69, 9.17) is 11.6 Å². The summed E-state index contributed by atoms with van der Waals surface area (Å²) < 4.78 is 23.7. The van der Waals surface area contributed by atoms with Crippen LogP contribution in [0.4, 0.5) is 8.78 Å². The monoisotopic (exact) mass is 251 g/mol. The van der Waals surface area contributed by atoms with E-state index < -0.39 is 18.9 Å². The molecule has 0 aromatic heterocycles. The van der Waals surface area contributed by atoms with Gasteiger partial charge in [-0.15, -0.1) is 12.6 Å². The highest BCUT2D eigenvalue weighted by molar-refractivity contribution is 7.80. The predicted molar refractivity (Wildman–Crippen MR) is 57.0 cm³/mol. The molecule has 1 rings (SSSR count). The van der Waals surface area contributed by atoms with E-state index in [1.54, 1.807) is 6.07 Å². The number of alkyl halides is 2. The number of rotatable bonds is 3. The first-order chi connectivity index (χ1) is 7.00. The lowest BCUT2D eigenvalue weighted by Gasteiger charge is -2.06. The van der Waals surface area contributed by atoms with Crippen LogP contribution in [-0.4, -0.2) is 18.9 Å². The van der Waals surface area contributed by atoms with Gasteiger partial charge in [-0.1, -0.05) is 11.6 Å². The zero-order valence-corrected chi connectivity index (χ0v) is 9.16. The molecule has 0 bridgehead atoms. The van der Waals surface area contributed by atoms with Crippen molar-refractivity contribution in [2.45, 2.75) is 11.3 Å². The second-order valence-corrected chi connectivity index (χ2v) is 3.69. The van der Waals surface area contributed by atoms with Gasteiger partial charge in [0.2, 0.25) is 0 Å². The summed E-state index contributed by atoms with van der Waals surface area (Å²) in [6, 6.07) is 4.52. The zero-order chi connectivity index (χ0) is 11.4. The Kier molecular flexibility index (Phi) is 4.35. The molecule has 1 aromatic carbocycles. The van der Waals surface area contributed by atoms with Gasteiger partial charge in [0, 0.05) is 4.90 Å². The number of amides is 1. The van der Waals surface area contributed by atoms with Crippen LogP contribution < -0.4 is 5.32 Å². The molecule has 1 N–H and O–H groups in total. The van der Waals surface area contributed by atoms with Crippen molar-refractivity contribution < 1.29 is 13.6 Å². The summed E-state index contributed by atoms with van der Waals surface area (Å²) in [7, 11) is 0. The summed E-state index contributed by atoms with van der Waals surface area (Å²) in [5.74, 6) is -0.629. The van der Waals surface area contributed by atoms with Crippen molar-refractivity contribution in [3.8, 4) is 0 Å². The molecule has 1 aromatic rings. The molecule has 0 aliphatic rings. The third-order valence-electron chi connectivity index (χ3n) is 1.61. The molecular weight excluding hydrogens is 244 g/mol. The summed E-state index contributed by atoms with van der Waals surface area (Å²) in [5.41, 5.74) is 0.143. The molecule has 0 saturated carbocycles. The second kappa shape index (κ2) is 5.32. The van der Waals surface area contributed by atoms with E-state index >= 15 is 0 Å². The molecule has 0 saturated heterocycles. The Bertz CT molecular complexity index is 373. The molecule has 15 heavy (non-hydrogen) atoms. The maximum absolute atomic E-state index is 11.8. The minimum atomic E-state index is -2.58. The van der Waals surface area contributed by atoms with Crippen LogP contribution in [0, 0.1) is 0 Å². The highest BCUT2D eigenvalue weighted by Crippen LogP contribution is 2.19. The van der Waals surface area contributed by atoms with Gasteiger partial charge in [-0.2, -0.15) is 0 Å². The number of halogens is 3. The molecule has 0 spiro atoms. The van der Waals surface area contributed by atoms with Crippen LogP contribution in [0.5, 0.6) is 0 Å². The van der Waals surface area contributed by atoms with Crippen LogP contribution in [0.3, 0.4) is 0 Å². The SMILES string of the molecule is O=C(NCC(F)F)c1cc(S)ccc1Cl. The molecule has 0 atom stereocenters. The second-order valence-electron chi connectivity index (χ2n) is 2.77. The Labute approximate surface area is 96.0 Å². The Hall–Kier alpha value is -0.810. The smallest absolute Gasteiger partial charge is 0.255 e. The summed E-state index contributed by atoms with van der Waals surface area (Å²) in [5, 5.41) is 2.27. The van der Waals surface area contributed by atoms with Crippen LogP contribution in [0.2, 0.25) is 5.02 Å². The van der Waals surface area contributed by atoms with Gasteiger partial charge in [-0.25, -0.2) is 8.78 Å². The van der Waals surface area contributed by atoms with Gasteiger partial charge in [0.05, 0.1) is 17.1 Å². The third-order valence-corrected chi connectivity index (χ3v) is 2.22. The summed E-state index contributed by atoms with van der Waals surface area (Å²) in [4.78, 5) is 11.9. The maximum Gasteiger partial charge on any atom is 0.255 e. The van der Waals surface area contributed by atoms with Crippen LogP contribution >= 0.6 is 24.2 Å². The molecule has 82 valence electrons. The Morgan fingerprint density at radius 1 is 1.53 bits per heavy atom. The van der Waals surface area contributed by atoms with Crippen LogP contribution in [0.25, 0.3) is 0 Å². The fraction of sp³-hybridized carbons (Fsp3) is 0.222. The maximum atomic E-state index is 11.8. The number of carbonyl (C=O) groups excluding carboxylic acids is 1. The van der Waals surface area contributed by atoms with Crippen molar-refractivity contribution in [3.63, 3.8) is 0 Å². The van der Waals surface area contributed by atoms with E-state index in [9.17, 15) is 13.6 Å². The topological polar surface area (TPSA) is 29.1 Å². The van der Waals surface area contributed by atoms with Crippen molar-refractivity contribution >= 4 is 30.1 Å². The van der Waals surface area contributed by atoms with Gasteiger partial charge in [-0.05, 0) is 18.2 Å². The van der Waals surface area contributed by atoms with Gasteiger partial charge in [0.1, 0.15) is 0 Å². The zero-order valence-electron chi connectivity index (χ0n) is 7.51. The number of hydrogen-bond donors (Lipinski definition) is 2. The molecule has 1 amide bonds. The van der Waals surface area contributed by atoms with E-state index in [1.807, 2.05) is 0 Å². The average Bonchev–Trinajstić information content (AvgIpc) is 2.18. The Morgan fingerprint density at radius 2 is 2.20 bits per heavy atom. The molecule has 6 heteroatoms. The third kappa shape index (κ3) is 3.68. The molecule has 0 unspecified atom stereocenters. The summed E-state index contributed by atoms with van der Waals surface area (Å²) in [6.45, 7) is -0.689. The van der Waals surface area contributed by atoms with Crippen LogP contribution in [-0.2, 0) is 0 Å².